The predicted molar refractivity (Wildman–Crippen MR) is 90.9 cm³/mol. The summed E-state index contributed by atoms with van der Waals surface area (Å²) in [5.41, 5.74) is 2.22. The van der Waals surface area contributed by atoms with Crippen molar-refractivity contribution in [3.63, 3.8) is 0 Å². The molecular formula is C19H22N2O3. The van der Waals surface area contributed by atoms with Crippen LogP contribution in [0.3, 0.4) is 0 Å². The lowest BCUT2D eigenvalue weighted by molar-refractivity contribution is -0.132. The first kappa shape index (κ1) is 16.5. The van der Waals surface area contributed by atoms with E-state index in [0.717, 1.165) is 5.56 Å². The molecule has 0 saturated carbocycles. The molecule has 1 aliphatic rings. The average molecular weight is 326 g/mol. The summed E-state index contributed by atoms with van der Waals surface area (Å²) in [6.07, 6.45) is 1.95. The van der Waals surface area contributed by atoms with Crippen LogP contribution in [0.15, 0.2) is 47.1 Å². The number of carbonyl (C=O) groups excluding carboxylic acids is 2. The van der Waals surface area contributed by atoms with E-state index < -0.39 is 0 Å². The van der Waals surface area contributed by atoms with Gasteiger partial charge in [-0.15, -0.1) is 0 Å². The lowest BCUT2D eigenvalue weighted by atomic mass is 10.1. The van der Waals surface area contributed by atoms with Gasteiger partial charge in [0.15, 0.2) is 5.76 Å². The summed E-state index contributed by atoms with van der Waals surface area (Å²) >= 11 is 0. The van der Waals surface area contributed by atoms with Crippen molar-refractivity contribution >= 4 is 11.7 Å². The molecule has 1 fully saturated rings. The Morgan fingerprint density at radius 2 is 1.88 bits per heavy atom. The molecule has 1 amide bonds. The minimum absolute atomic E-state index is 0.0143. The third-order valence-electron chi connectivity index (χ3n) is 4.33. The Bertz CT molecular complexity index is 701. The molecule has 0 N–H and O–H groups in total. The van der Waals surface area contributed by atoms with E-state index in [0.29, 0.717) is 44.9 Å². The number of piperazine rings is 1. The highest BCUT2D eigenvalue weighted by molar-refractivity contribution is 5.95. The van der Waals surface area contributed by atoms with Crippen LogP contribution in [0, 0.1) is 6.92 Å². The summed E-state index contributed by atoms with van der Waals surface area (Å²) < 4.78 is 5.13. The van der Waals surface area contributed by atoms with Gasteiger partial charge in [0, 0.05) is 26.2 Å². The van der Waals surface area contributed by atoms with Crippen LogP contribution in [-0.2, 0) is 11.2 Å². The molecule has 1 saturated heterocycles. The third kappa shape index (κ3) is 4.11. The van der Waals surface area contributed by atoms with E-state index in [1.54, 1.807) is 12.1 Å². The first-order chi connectivity index (χ1) is 11.6. The number of nitrogens with zero attached hydrogens (tertiary/aromatic N) is 2. The van der Waals surface area contributed by atoms with E-state index in [1.165, 1.54) is 11.8 Å². The van der Waals surface area contributed by atoms with Crippen LogP contribution in [0.5, 0.6) is 0 Å². The summed E-state index contributed by atoms with van der Waals surface area (Å²) in [6, 6.07) is 11.5. The monoisotopic (exact) mass is 326 g/mol. The van der Waals surface area contributed by atoms with Gasteiger partial charge in [0.25, 0.3) is 0 Å². The fourth-order valence-corrected chi connectivity index (χ4v) is 2.98. The number of Topliss-reactive ketones (excluding diaryl/α,β-unsaturated/α-hetero) is 1. The zero-order chi connectivity index (χ0) is 16.9. The Morgan fingerprint density at radius 1 is 1.08 bits per heavy atom. The molecule has 5 heteroatoms. The molecular weight excluding hydrogens is 304 g/mol. The molecule has 0 unspecified atom stereocenters. The van der Waals surface area contributed by atoms with Crippen molar-refractivity contribution in [2.45, 2.75) is 13.3 Å². The third-order valence-corrected chi connectivity index (χ3v) is 4.33. The van der Waals surface area contributed by atoms with E-state index in [2.05, 4.69) is 11.0 Å². The molecule has 3 rings (SSSR count). The Kier molecular flexibility index (Phi) is 5.11. The summed E-state index contributed by atoms with van der Waals surface area (Å²) in [6.45, 7) is 5.13. The molecule has 1 aromatic carbocycles. The van der Waals surface area contributed by atoms with Crippen LogP contribution in [0.1, 0.15) is 21.7 Å². The van der Waals surface area contributed by atoms with Crippen LogP contribution >= 0.6 is 0 Å². The van der Waals surface area contributed by atoms with Gasteiger partial charge in [-0.3, -0.25) is 14.5 Å². The smallest absolute Gasteiger partial charge is 0.227 e. The largest absolute Gasteiger partial charge is 0.461 e. The Hall–Kier alpha value is -2.40. The van der Waals surface area contributed by atoms with E-state index in [9.17, 15) is 9.59 Å². The Balaban J connectivity index is 1.48. The highest BCUT2D eigenvalue weighted by atomic mass is 16.3. The Morgan fingerprint density at radius 3 is 2.54 bits per heavy atom. The van der Waals surface area contributed by atoms with E-state index in [1.807, 2.05) is 30.0 Å². The van der Waals surface area contributed by atoms with Crippen molar-refractivity contribution in [1.82, 2.24) is 9.80 Å². The zero-order valence-corrected chi connectivity index (χ0v) is 13.9. The molecule has 1 aromatic heterocycles. The van der Waals surface area contributed by atoms with Gasteiger partial charge in [0.1, 0.15) is 0 Å². The fraction of sp³-hybridized carbons (Fsp3) is 0.368. The second-order valence-electron chi connectivity index (χ2n) is 6.22. The molecule has 126 valence electrons. The van der Waals surface area contributed by atoms with Gasteiger partial charge < -0.3 is 9.32 Å². The fourth-order valence-electron chi connectivity index (χ4n) is 2.98. The van der Waals surface area contributed by atoms with Crippen molar-refractivity contribution in [2.24, 2.45) is 0 Å². The molecule has 24 heavy (non-hydrogen) atoms. The summed E-state index contributed by atoms with van der Waals surface area (Å²) in [4.78, 5) is 28.4. The van der Waals surface area contributed by atoms with Gasteiger partial charge in [-0.05, 0) is 24.6 Å². The second kappa shape index (κ2) is 7.45. The van der Waals surface area contributed by atoms with Crippen LogP contribution < -0.4 is 0 Å². The summed E-state index contributed by atoms with van der Waals surface area (Å²) in [5, 5.41) is 0. The van der Waals surface area contributed by atoms with Crippen molar-refractivity contribution in [1.29, 1.82) is 0 Å². The van der Waals surface area contributed by atoms with Gasteiger partial charge in [-0.25, -0.2) is 0 Å². The van der Waals surface area contributed by atoms with Gasteiger partial charge in [0.05, 0.1) is 19.2 Å². The number of furan rings is 1. The standard InChI is InChI=1S/C19H22N2O3/c1-15-4-2-5-16(12-15)13-19(23)21-9-7-20(8-10-21)14-17(22)18-6-3-11-24-18/h2-6,11-12H,7-10,13-14H2,1H3. The first-order valence-electron chi connectivity index (χ1n) is 8.24. The second-order valence-corrected chi connectivity index (χ2v) is 6.22. The lowest BCUT2D eigenvalue weighted by Gasteiger charge is -2.34. The highest BCUT2D eigenvalue weighted by Crippen LogP contribution is 2.10. The minimum Gasteiger partial charge on any atom is -0.461 e. The predicted octanol–water partition coefficient (Wildman–Crippen LogP) is 2.16. The van der Waals surface area contributed by atoms with Crippen molar-refractivity contribution < 1.29 is 14.0 Å². The van der Waals surface area contributed by atoms with Crippen LogP contribution in [-0.4, -0.2) is 54.2 Å². The topological polar surface area (TPSA) is 53.8 Å². The summed E-state index contributed by atoms with van der Waals surface area (Å²) in [5.74, 6) is 0.533. The van der Waals surface area contributed by atoms with Gasteiger partial charge in [-0.1, -0.05) is 29.8 Å². The number of amides is 1. The lowest BCUT2D eigenvalue weighted by Crippen LogP contribution is -2.50. The molecule has 2 aromatic rings. The zero-order valence-electron chi connectivity index (χ0n) is 13.9. The normalized spacial score (nSPS) is 15.5. The molecule has 0 spiro atoms. The van der Waals surface area contributed by atoms with Gasteiger partial charge in [-0.2, -0.15) is 0 Å². The van der Waals surface area contributed by atoms with Crippen molar-refractivity contribution in [3.05, 3.63) is 59.5 Å². The number of ketones is 1. The van der Waals surface area contributed by atoms with Crippen molar-refractivity contribution in [2.75, 3.05) is 32.7 Å². The van der Waals surface area contributed by atoms with Gasteiger partial charge in [0.2, 0.25) is 11.7 Å². The van der Waals surface area contributed by atoms with Crippen LogP contribution in [0.25, 0.3) is 0 Å². The molecule has 2 heterocycles. The summed E-state index contributed by atoms with van der Waals surface area (Å²) in [7, 11) is 0. The average Bonchev–Trinajstić information content (AvgIpc) is 3.10. The minimum atomic E-state index is -0.0143. The number of rotatable bonds is 5. The molecule has 0 radical (unpaired) electrons. The molecule has 0 atom stereocenters. The van der Waals surface area contributed by atoms with E-state index in [-0.39, 0.29) is 11.7 Å². The maximum atomic E-state index is 12.4. The molecule has 0 bridgehead atoms. The van der Waals surface area contributed by atoms with Crippen molar-refractivity contribution in [3.8, 4) is 0 Å². The molecule has 0 aliphatic carbocycles. The van der Waals surface area contributed by atoms with Crippen LogP contribution in [0.4, 0.5) is 0 Å². The number of aryl methyl sites for hydroxylation is 1. The quantitative estimate of drug-likeness (QED) is 0.790. The van der Waals surface area contributed by atoms with Crippen LogP contribution in [0.2, 0.25) is 0 Å². The number of carbonyl (C=O) groups is 2. The van der Waals surface area contributed by atoms with E-state index >= 15 is 0 Å². The maximum absolute atomic E-state index is 12.4. The highest BCUT2D eigenvalue weighted by Gasteiger charge is 2.23. The maximum Gasteiger partial charge on any atom is 0.227 e. The number of benzene rings is 1. The van der Waals surface area contributed by atoms with E-state index in [4.69, 9.17) is 4.42 Å². The SMILES string of the molecule is Cc1cccc(CC(=O)N2CCN(CC(=O)c3ccco3)CC2)c1. The first-order valence-corrected chi connectivity index (χ1v) is 8.24. The molecule has 1 aliphatic heterocycles. The number of hydrogen-bond donors (Lipinski definition) is 0. The molecule has 5 nitrogen and oxygen atoms in total. The number of hydrogen-bond acceptors (Lipinski definition) is 4. The van der Waals surface area contributed by atoms with Gasteiger partial charge >= 0.3 is 0 Å². The Labute approximate surface area is 141 Å².